The van der Waals surface area contributed by atoms with E-state index >= 15 is 0 Å². The van der Waals surface area contributed by atoms with Crippen LogP contribution in [0.3, 0.4) is 0 Å². The van der Waals surface area contributed by atoms with Gasteiger partial charge in [-0.05, 0) is 19.3 Å². The maximum absolute atomic E-state index is 10.9. The maximum Gasteiger partial charge on any atom is 0.305 e. The van der Waals surface area contributed by atoms with Crippen LogP contribution in [0.15, 0.2) is 0 Å². The molecular formula is C18H36O3. The fourth-order valence-electron chi connectivity index (χ4n) is 2.37. The van der Waals surface area contributed by atoms with Gasteiger partial charge in [-0.1, -0.05) is 64.7 Å². The van der Waals surface area contributed by atoms with Crippen molar-refractivity contribution in [1.82, 2.24) is 0 Å². The molecule has 0 spiro atoms. The topological polar surface area (TPSA) is 35.5 Å². The monoisotopic (exact) mass is 300 g/mol. The lowest BCUT2D eigenvalue weighted by Gasteiger charge is -2.04. The van der Waals surface area contributed by atoms with Gasteiger partial charge in [-0.3, -0.25) is 4.79 Å². The van der Waals surface area contributed by atoms with Gasteiger partial charge in [0.15, 0.2) is 0 Å². The summed E-state index contributed by atoms with van der Waals surface area (Å²) in [5.41, 5.74) is 0. The Morgan fingerprint density at radius 2 is 1.19 bits per heavy atom. The lowest BCUT2D eigenvalue weighted by Crippen LogP contribution is -1.99. The van der Waals surface area contributed by atoms with Crippen molar-refractivity contribution in [2.24, 2.45) is 0 Å². The number of carbonyl (C=O) groups excluding carboxylic acids is 1. The van der Waals surface area contributed by atoms with E-state index in [0.717, 1.165) is 26.1 Å². The highest BCUT2D eigenvalue weighted by molar-refractivity contribution is 5.68. The molecule has 0 aliphatic heterocycles. The quantitative estimate of drug-likeness (QED) is 0.288. The van der Waals surface area contributed by atoms with Crippen LogP contribution in [0.25, 0.3) is 0 Å². The lowest BCUT2D eigenvalue weighted by atomic mass is 10.1. The number of unbranched alkanes of at least 4 members (excludes halogenated alkanes) is 10. The molecule has 0 fully saturated rings. The Morgan fingerprint density at radius 1 is 0.714 bits per heavy atom. The van der Waals surface area contributed by atoms with Gasteiger partial charge in [0.05, 0.1) is 7.11 Å². The first kappa shape index (κ1) is 20.4. The Bertz CT molecular complexity index is 217. The van der Waals surface area contributed by atoms with Crippen LogP contribution in [-0.4, -0.2) is 26.3 Å². The molecule has 0 heterocycles. The van der Waals surface area contributed by atoms with Gasteiger partial charge in [0, 0.05) is 19.6 Å². The number of carbonyl (C=O) groups is 1. The number of hydrogen-bond acceptors (Lipinski definition) is 3. The molecule has 21 heavy (non-hydrogen) atoms. The Kier molecular flexibility index (Phi) is 17.0. The van der Waals surface area contributed by atoms with Crippen LogP contribution in [0.2, 0.25) is 0 Å². The van der Waals surface area contributed by atoms with Crippen LogP contribution in [0.5, 0.6) is 0 Å². The molecule has 3 nitrogen and oxygen atoms in total. The molecule has 0 aromatic carbocycles. The molecule has 0 amide bonds. The fraction of sp³-hybridized carbons (Fsp3) is 0.944. The summed E-state index contributed by atoms with van der Waals surface area (Å²) in [6, 6.07) is 0. The molecule has 0 saturated carbocycles. The Labute approximate surface area is 131 Å². The van der Waals surface area contributed by atoms with Gasteiger partial charge < -0.3 is 9.47 Å². The van der Waals surface area contributed by atoms with Crippen molar-refractivity contribution in [3.63, 3.8) is 0 Å². The largest absolute Gasteiger partial charge is 0.469 e. The minimum atomic E-state index is -0.0790. The number of esters is 1. The van der Waals surface area contributed by atoms with Crippen molar-refractivity contribution in [2.75, 3.05) is 20.3 Å². The van der Waals surface area contributed by atoms with E-state index in [1.807, 2.05) is 0 Å². The first-order valence-electron chi connectivity index (χ1n) is 8.95. The van der Waals surface area contributed by atoms with E-state index in [9.17, 15) is 4.79 Å². The molecule has 0 atom stereocenters. The molecule has 0 bridgehead atoms. The molecule has 0 aliphatic rings. The zero-order valence-corrected chi connectivity index (χ0v) is 14.3. The molecule has 0 rings (SSSR count). The SMILES string of the molecule is CCCCCCOCCCCCCCCCCC(=O)OC. The predicted molar refractivity (Wildman–Crippen MR) is 88.5 cm³/mol. The van der Waals surface area contributed by atoms with Crippen LogP contribution >= 0.6 is 0 Å². The second-order valence-corrected chi connectivity index (χ2v) is 5.83. The molecule has 0 saturated heterocycles. The summed E-state index contributed by atoms with van der Waals surface area (Å²) in [5.74, 6) is -0.0790. The molecule has 0 unspecified atom stereocenters. The maximum atomic E-state index is 10.9. The van der Waals surface area contributed by atoms with E-state index in [1.165, 1.54) is 71.3 Å². The molecule has 0 aromatic rings. The van der Waals surface area contributed by atoms with Gasteiger partial charge in [-0.15, -0.1) is 0 Å². The number of hydrogen-bond donors (Lipinski definition) is 0. The third kappa shape index (κ3) is 17.4. The van der Waals surface area contributed by atoms with E-state index in [2.05, 4.69) is 11.7 Å². The second-order valence-electron chi connectivity index (χ2n) is 5.83. The first-order chi connectivity index (χ1) is 10.3. The van der Waals surface area contributed by atoms with Gasteiger partial charge in [0.2, 0.25) is 0 Å². The highest BCUT2D eigenvalue weighted by Crippen LogP contribution is 2.10. The summed E-state index contributed by atoms with van der Waals surface area (Å²) in [7, 11) is 1.46. The summed E-state index contributed by atoms with van der Waals surface area (Å²) in [6.07, 6.45) is 15.5. The van der Waals surface area contributed by atoms with Crippen molar-refractivity contribution >= 4 is 5.97 Å². The van der Waals surface area contributed by atoms with Gasteiger partial charge in [0.1, 0.15) is 0 Å². The van der Waals surface area contributed by atoms with E-state index in [1.54, 1.807) is 0 Å². The van der Waals surface area contributed by atoms with Gasteiger partial charge in [0.25, 0.3) is 0 Å². The average molecular weight is 300 g/mol. The van der Waals surface area contributed by atoms with Crippen molar-refractivity contribution in [1.29, 1.82) is 0 Å². The van der Waals surface area contributed by atoms with E-state index in [0.29, 0.717) is 6.42 Å². The van der Waals surface area contributed by atoms with Crippen LogP contribution in [-0.2, 0) is 14.3 Å². The molecule has 3 heteroatoms. The number of ether oxygens (including phenoxy) is 2. The average Bonchev–Trinajstić information content (AvgIpc) is 2.50. The minimum absolute atomic E-state index is 0.0790. The van der Waals surface area contributed by atoms with Crippen LogP contribution in [0.4, 0.5) is 0 Å². The van der Waals surface area contributed by atoms with Gasteiger partial charge in [-0.25, -0.2) is 0 Å². The molecule has 126 valence electrons. The van der Waals surface area contributed by atoms with Crippen LogP contribution in [0.1, 0.15) is 90.4 Å². The Balaban J connectivity index is 2.98. The minimum Gasteiger partial charge on any atom is -0.469 e. The number of rotatable bonds is 16. The van der Waals surface area contributed by atoms with Crippen molar-refractivity contribution in [2.45, 2.75) is 90.4 Å². The lowest BCUT2D eigenvalue weighted by molar-refractivity contribution is -0.140. The fourth-order valence-corrected chi connectivity index (χ4v) is 2.37. The van der Waals surface area contributed by atoms with E-state index in [4.69, 9.17) is 4.74 Å². The molecule has 0 N–H and O–H groups in total. The highest BCUT2D eigenvalue weighted by atomic mass is 16.5. The molecule has 0 aliphatic carbocycles. The summed E-state index contributed by atoms with van der Waals surface area (Å²) in [6.45, 7) is 4.12. The van der Waals surface area contributed by atoms with Crippen molar-refractivity contribution in [3.05, 3.63) is 0 Å². The Morgan fingerprint density at radius 3 is 1.71 bits per heavy atom. The smallest absolute Gasteiger partial charge is 0.305 e. The molecular weight excluding hydrogens is 264 g/mol. The van der Waals surface area contributed by atoms with Gasteiger partial charge >= 0.3 is 5.97 Å². The van der Waals surface area contributed by atoms with Crippen molar-refractivity contribution < 1.29 is 14.3 Å². The normalized spacial score (nSPS) is 10.8. The zero-order valence-electron chi connectivity index (χ0n) is 14.3. The molecule has 0 radical (unpaired) electrons. The standard InChI is InChI=1S/C18H36O3/c1-3-4-5-13-16-21-17-14-11-9-7-6-8-10-12-15-18(19)20-2/h3-17H2,1-2H3. The Hall–Kier alpha value is -0.570. The van der Waals surface area contributed by atoms with Crippen LogP contribution in [0, 0.1) is 0 Å². The summed E-state index contributed by atoms with van der Waals surface area (Å²) in [5, 5.41) is 0. The van der Waals surface area contributed by atoms with Crippen molar-refractivity contribution in [3.8, 4) is 0 Å². The number of methoxy groups -OCH3 is 1. The van der Waals surface area contributed by atoms with E-state index < -0.39 is 0 Å². The summed E-state index contributed by atoms with van der Waals surface area (Å²) >= 11 is 0. The third-order valence-corrected chi connectivity index (χ3v) is 3.79. The second kappa shape index (κ2) is 17.5. The summed E-state index contributed by atoms with van der Waals surface area (Å²) < 4.78 is 10.2. The summed E-state index contributed by atoms with van der Waals surface area (Å²) in [4.78, 5) is 10.9. The van der Waals surface area contributed by atoms with E-state index in [-0.39, 0.29) is 5.97 Å². The molecule has 0 aromatic heterocycles. The third-order valence-electron chi connectivity index (χ3n) is 3.79. The predicted octanol–water partition coefficient (Wildman–Crippen LogP) is 5.27. The first-order valence-corrected chi connectivity index (χ1v) is 8.95. The van der Waals surface area contributed by atoms with Crippen LogP contribution < -0.4 is 0 Å². The zero-order chi connectivity index (χ0) is 15.6. The van der Waals surface area contributed by atoms with Gasteiger partial charge in [-0.2, -0.15) is 0 Å². The highest BCUT2D eigenvalue weighted by Gasteiger charge is 1.99.